The molecule has 0 aliphatic rings. The zero-order chi connectivity index (χ0) is 16.1. The largest absolute Gasteiger partial charge is 0.493 e. The molecule has 1 aromatic carbocycles. The Bertz CT molecular complexity index is 643. The van der Waals surface area contributed by atoms with Crippen molar-refractivity contribution in [2.45, 2.75) is 19.9 Å². The number of thiophene rings is 1. The SMILES string of the molecule is CCOc1c(Cl)cc(C(=O)NC(C)c2cccs2)cc1OC. The molecular weight excluding hydrogens is 322 g/mol. The summed E-state index contributed by atoms with van der Waals surface area (Å²) in [5.74, 6) is 0.696. The van der Waals surface area contributed by atoms with Gasteiger partial charge in [0.15, 0.2) is 11.5 Å². The standard InChI is InChI=1S/C16H18ClNO3S/c1-4-21-15-12(17)8-11(9-13(15)20-3)16(19)18-10(2)14-6-5-7-22-14/h5-10H,4H2,1-3H3,(H,18,19). The lowest BCUT2D eigenvalue weighted by Crippen LogP contribution is -2.26. The molecule has 0 aliphatic carbocycles. The molecule has 22 heavy (non-hydrogen) atoms. The van der Waals surface area contributed by atoms with Gasteiger partial charge >= 0.3 is 0 Å². The maximum absolute atomic E-state index is 12.4. The van der Waals surface area contributed by atoms with Crippen molar-refractivity contribution < 1.29 is 14.3 Å². The third-order valence-corrected chi connectivity index (χ3v) is 4.43. The topological polar surface area (TPSA) is 47.6 Å². The van der Waals surface area contributed by atoms with Crippen LogP contribution >= 0.6 is 22.9 Å². The van der Waals surface area contributed by atoms with E-state index in [1.165, 1.54) is 7.11 Å². The Kier molecular flexibility index (Phi) is 5.69. The van der Waals surface area contributed by atoms with E-state index in [1.54, 1.807) is 23.5 Å². The Morgan fingerprint density at radius 2 is 2.23 bits per heavy atom. The third-order valence-electron chi connectivity index (χ3n) is 3.10. The van der Waals surface area contributed by atoms with E-state index in [2.05, 4.69) is 5.32 Å². The first-order valence-corrected chi connectivity index (χ1v) is 8.17. The van der Waals surface area contributed by atoms with E-state index in [9.17, 15) is 4.79 Å². The Hall–Kier alpha value is -1.72. The Labute approximate surface area is 139 Å². The van der Waals surface area contributed by atoms with Crippen LogP contribution in [0, 0.1) is 0 Å². The van der Waals surface area contributed by atoms with Crippen molar-refractivity contribution in [2.24, 2.45) is 0 Å². The number of hydrogen-bond acceptors (Lipinski definition) is 4. The second-order valence-electron chi connectivity index (χ2n) is 4.63. The maximum atomic E-state index is 12.4. The number of rotatable bonds is 6. The summed E-state index contributed by atoms with van der Waals surface area (Å²) in [6.45, 7) is 4.27. The molecule has 0 radical (unpaired) electrons. The van der Waals surface area contributed by atoms with Crippen molar-refractivity contribution in [2.75, 3.05) is 13.7 Å². The number of ether oxygens (including phenoxy) is 2. The lowest BCUT2D eigenvalue weighted by atomic mass is 10.1. The van der Waals surface area contributed by atoms with Gasteiger partial charge in [-0.15, -0.1) is 11.3 Å². The molecule has 4 nitrogen and oxygen atoms in total. The number of halogens is 1. The van der Waals surface area contributed by atoms with E-state index in [0.717, 1.165) is 4.88 Å². The molecule has 6 heteroatoms. The quantitative estimate of drug-likeness (QED) is 0.853. The zero-order valence-electron chi connectivity index (χ0n) is 12.7. The van der Waals surface area contributed by atoms with Crippen LogP contribution in [0.15, 0.2) is 29.6 Å². The van der Waals surface area contributed by atoms with Crippen molar-refractivity contribution in [1.82, 2.24) is 5.32 Å². The van der Waals surface area contributed by atoms with Gasteiger partial charge in [-0.1, -0.05) is 17.7 Å². The molecule has 0 aliphatic heterocycles. The number of benzene rings is 1. The van der Waals surface area contributed by atoms with Crippen molar-refractivity contribution in [3.05, 3.63) is 45.1 Å². The van der Waals surface area contributed by atoms with Crippen molar-refractivity contribution in [3.63, 3.8) is 0 Å². The third kappa shape index (κ3) is 3.72. The Morgan fingerprint density at radius 1 is 1.45 bits per heavy atom. The van der Waals surface area contributed by atoms with Gasteiger partial charge in [0.25, 0.3) is 5.91 Å². The minimum absolute atomic E-state index is 0.0659. The molecule has 1 N–H and O–H groups in total. The highest BCUT2D eigenvalue weighted by atomic mass is 35.5. The summed E-state index contributed by atoms with van der Waals surface area (Å²) in [7, 11) is 1.52. The molecule has 0 spiro atoms. The highest BCUT2D eigenvalue weighted by molar-refractivity contribution is 7.10. The van der Waals surface area contributed by atoms with Crippen LogP contribution in [0.5, 0.6) is 11.5 Å². The van der Waals surface area contributed by atoms with Crippen molar-refractivity contribution in [1.29, 1.82) is 0 Å². The van der Waals surface area contributed by atoms with E-state index in [-0.39, 0.29) is 11.9 Å². The summed E-state index contributed by atoms with van der Waals surface area (Å²) in [5.41, 5.74) is 0.439. The smallest absolute Gasteiger partial charge is 0.251 e. The van der Waals surface area contributed by atoms with Gasteiger partial charge in [0.1, 0.15) is 0 Å². The Morgan fingerprint density at radius 3 is 2.82 bits per heavy atom. The van der Waals surface area contributed by atoms with Gasteiger partial charge in [0, 0.05) is 10.4 Å². The van der Waals surface area contributed by atoms with Crippen LogP contribution in [0.3, 0.4) is 0 Å². The van der Waals surface area contributed by atoms with Gasteiger partial charge in [-0.2, -0.15) is 0 Å². The van der Waals surface area contributed by atoms with E-state index >= 15 is 0 Å². The monoisotopic (exact) mass is 339 g/mol. The molecule has 1 heterocycles. The highest BCUT2D eigenvalue weighted by Gasteiger charge is 2.17. The minimum Gasteiger partial charge on any atom is -0.493 e. The number of carbonyl (C=O) groups is 1. The molecule has 0 bridgehead atoms. The van der Waals surface area contributed by atoms with E-state index in [1.807, 2.05) is 31.4 Å². The number of carbonyl (C=O) groups excluding carboxylic acids is 1. The van der Waals surface area contributed by atoms with Crippen LogP contribution in [-0.2, 0) is 0 Å². The lowest BCUT2D eigenvalue weighted by molar-refractivity contribution is 0.0940. The summed E-state index contributed by atoms with van der Waals surface area (Å²) in [6.07, 6.45) is 0. The normalized spacial score (nSPS) is 11.8. The fraction of sp³-hybridized carbons (Fsp3) is 0.312. The molecule has 2 rings (SSSR count). The maximum Gasteiger partial charge on any atom is 0.251 e. The van der Waals surface area contributed by atoms with Gasteiger partial charge in [-0.3, -0.25) is 4.79 Å². The van der Waals surface area contributed by atoms with Gasteiger partial charge in [0.05, 0.1) is 24.8 Å². The fourth-order valence-electron chi connectivity index (χ4n) is 2.02. The van der Waals surface area contributed by atoms with Crippen LogP contribution in [0.4, 0.5) is 0 Å². The van der Waals surface area contributed by atoms with Crippen LogP contribution in [0.1, 0.15) is 35.1 Å². The first-order chi connectivity index (χ1) is 10.6. The molecule has 118 valence electrons. The highest BCUT2D eigenvalue weighted by Crippen LogP contribution is 2.36. The molecule has 1 aromatic heterocycles. The summed E-state index contributed by atoms with van der Waals surface area (Å²) in [4.78, 5) is 13.5. The van der Waals surface area contributed by atoms with Crippen molar-refractivity contribution >= 4 is 28.8 Å². The van der Waals surface area contributed by atoms with Crippen LogP contribution in [0.2, 0.25) is 5.02 Å². The number of nitrogens with one attached hydrogen (secondary N) is 1. The molecular formula is C16H18ClNO3S. The lowest BCUT2D eigenvalue weighted by Gasteiger charge is -2.15. The van der Waals surface area contributed by atoms with Crippen LogP contribution in [-0.4, -0.2) is 19.6 Å². The summed E-state index contributed by atoms with van der Waals surface area (Å²) in [5, 5.41) is 5.28. The minimum atomic E-state index is -0.204. The summed E-state index contributed by atoms with van der Waals surface area (Å²) in [6, 6.07) is 7.10. The zero-order valence-corrected chi connectivity index (χ0v) is 14.3. The van der Waals surface area contributed by atoms with Crippen LogP contribution < -0.4 is 14.8 Å². The van der Waals surface area contributed by atoms with Gasteiger partial charge < -0.3 is 14.8 Å². The molecule has 0 saturated heterocycles. The molecule has 1 amide bonds. The number of methoxy groups -OCH3 is 1. The van der Waals surface area contributed by atoms with E-state index in [4.69, 9.17) is 21.1 Å². The predicted octanol–water partition coefficient (Wildman–Crippen LogP) is 4.30. The fourth-order valence-corrected chi connectivity index (χ4v) is 3.02. The molecule has 0 saturated carbocycles. The predicted molar refractivity (Wildman–Crippen MR) is 89.4 cm³/mol. The summed E-state index contributed by atoms with van der Waals surface area (Å²) < 4.78 is 10.7. The second kappa shape index (κ2) is 7.51. The van der Waals surface area contributed by atoms with Gasteiger partial charge in [-0.25, -0.2) is 0 Å². The average Bonchev–Trinajstić information content (AvgIpc) is 3.03. The second-order valence-corrected chi connectivity index (χ2v) is 6.02. The first-order valence-electron chi connectivity index (χ1n) is 6.91. The average molecular weight is 340 g/mol. The van der Waals surface area contributed by atoms with Crippen molar-refractivity contribution in [3.8, 4) is 11.5 Å². The molecule has 0 fully saturated rings. The number of amides is 1. The Balaban J connectivity index is 2.21. The van der Waals surface area contributed by atoms with Gasteiger partial charge in [-0.05, 0) is 37.4 Å². The van der Waals surface area contributed by atoms with E-state index < -0.39 is 0 Å². The number of hydrogen-bond donors (Lipinski definition) is 1. The van der Waals surface area contributed by atoms with Crippen LogP contribution in [0.25, 0.3) is 0 Å². The summed E-state index contributed by atoms with van der Waals surface area (Å²) >= 11 is 7.79. The molecule has 1 unspecified atom stereocenters. The molecule has 2 aromatic rings. The van der Waals surface area contributed by atoms with E-state index in [0.29, 0.717) is 28.7 Å². The first kappa shape index (κ1) is 16.6. The molecule has 1 atom stereocenters. The van der Waals surface area contributed by atoms with Gasteiger partial charge in [0.2, 0.25) is 0 Å².